The highest BCUT2D eigenvalue weighted by atomic mass is 79.9. The number of hydrogen-bond donors (Lipinski definition) is 1. The van der Waals surface area contributed by atoms with Gasteiger partial charge in [0.15, 0.2) is 11.6 Å². The Bertz CT molecular complexity index is 1550. The topological polar surface area (TPSA) is 148 Å². The average molecular weight is 579 g/mol. The highest BCUT2D eigenvalue weighted by molar-refractivity contribution is 9.12. The molecule has 1 aromatic heterocycles. The van der Waals surface area contributed by atoms with E-state index >= 15 is 0 Å². The Morgan fingerprint density at radius 3 is 2.45 bits per heavy atom. The predicted octanol–water partition coefficient (Wildman–Crippen LogP) is 3.65. The summed E-state index contributed by atoms with van der Waals surface area (Å²) < 4.78 is 5.94. The van der Waals surface area contributed by atoms with Crippen molar-refractivity contribution in [1.82, 2.24) is 0 Å². The van der Waals surface area contributed by atoms with Gasteiger partial charge < -0.3 is 9.52 Å². The second-order valence-corrected chi connectivity index (χ2v) is 10.5. The number of non-ortho nitro benzene ring substituents is 1. The molecular weight excluding hydrogens is 560 g/mol. The summed E-state index contributed by atoms with van der Waals surface area (Å²) in [6.45, 7) is -0.346. The van der Waals surface area contributed by atoms with Crippen LogP contribution in [0.1, 0.15) is 30.3 Å². The largest absolute Gasteiger partial charge is 0.463 e. The van der Waals surface area contributed by atoms with Gasteiger partial charge in [0, 0.05) is 29.4 Å². The van der Waals surface area contributed by atoms with Gasteiger partial charge in [0.05, 0.1) is 32.8 Å². The van der Waals surface area contributed by atoms with Crippen molar-refractivity contribution in [2.24, 2.45) is 17.8 Å². The second-order valence-electron chi connectivity index (χ2n) is 9.64. The van der Waals surface area contributed by atoms with E-state index < -0.39 is 40.4 Å². The monoisotopic (exact) mass is 578 g/mol. The van der Waals surface area contributed by atoms with Crippen molar-refractivity contribution >= 4 is 50.7 Å². The smallest absolute Gasteiger partial charge is 0.269 e. The Morgan fingerprint density at radius 1 is 1.05 bits per heavy atom. The molecule has 1 N–H and O–H groups in total. The standard InChI is InChI=1S/C27H19BrN2O8/c28-19-10-20(32)23-18(25(19)33)9-17-15(24(23)21-8-5-14(11-31)38-21)6-7-16-22(17)27(35)29(26(16)34)12-1-3-13(4-2-12)30(36)37/h1-6,8,10,16-17,22,24,31H,7,9,11H2/t16-,17+,22-,24+/m0/s1. The van der Waals surface area contributed by atoms with Crippen LogP contribution in [0.2, 0.25) is 0 Å². The molecule has 0 saturated carbocycles. The fourth-order valence-corrected chi connectivity index (χ4v) is 6.59. The van der Waals surface area contributed by atoms with Crippen LogP contribution in [0, 0.1) is 27.9 Å². The van der Waals surface area contributed by atoms with Crippen LogP contribution in [0.15, 0.2) is 74.2 Å². The van der Waals surface area contributed by atoms with Gasteiger partial charge in [0.25, 0.3) is 5.69 Å². The molecule has 38 heavy (non-hydrogen) atoms. The van der Waals surface area contributed by atoms with Gasteiger partial charge in [-0.05, 0) is 59.0 Å². The number of aliphatic hydroxyl groups is 1. The van der Waals surface area contributed by atoms with Crippen molar-refractivity contribution in [3.63, 3.8) is 0 Å². The third kappa shape index (κ3) is 3.49. The number of halogens is 1. The van der Waals surface area contributed by atoms with Crippen LogP contribution < -0.4 is 4.90 Å². The minimum absolute atomic E-state index is 0.104. The van der Waals surface area contributed by atoms with Crippen LogP contribution >= 0.6 is 15.9 Å². The van der Waals surface area contributed by atoms with Crippen LogP contribution in [0.4, 0.5) is 11.4 Å². The van der Waals surface area contributed by atoms with E-state index in [1.807, 2.05) is 6.08 Å². The van der Waals surface area contributed by atoms with Crippen LogP contribution in [-0.2, 0) is 25.8 Å². The van der Waals surface area contributed by atoms with E-state index in [1.54, 1.807) is 12.1 Å². The maximum absolute atomic E-state index is 13.8. The van der Waals surface area contributed by atoms with Crippen LogP contribution in [-0.4, -0.2) is 33.4 Å². The summed E-state index contributed by atoms with van der Waals surface area (Å²) in [6, 6.07) is 8.45. The zero-order valence-electron chi connectivity index (χ0n) is 19.6. The van der Waals surface area contributed by atoms with Crippen LogP contribution in [0.3, 0.4) is 0 Å². The van der Waals surface area contributed by atoms with E-state index in [1.165, 1.54) is 30.3 Å². The van der Waals surface area contributed by atoms with Crippen LogP contribution in [0.5, 0.6) is 0 Å². The molecule has 10 nitrogen and oxygen atoms in total. The first kappa shape index (κ1) is 24.4. The van der Waals surface area contributed by atoms with Gasteiger partial charge in [0.1, 0.15) is 18.1 Å². The Labute approximate surface area is 223 Å². The first-order valence-corrected chi connectivity index (χ1v) is 12.7. The number of Topliss-reactive ketones (excluding diaryl/α,β-unsaturated/α-hetero) is 1. The number of amides is 2. The molecule has 0 radical (unpaired) electrons. The van der Waals surface area contributed by atoms with Gasteiger partial charge in [-0.3, -0.25) is 34.2 Å². The van der Waals surface area contributed by atoms with Crippen molar-refractivity contribution in [1.29, 1.82) is 0 Å². The van der Waals surface area contributed by atoms with Crippen molar-refractivity contribution < 1.29 is 33.6 Å². The predicted molar refractivity (Wildman–Crippen MR) is 135 cm³/mol. The quantitative estimate of drug-likeness (QED) is 0.190. The van der Waals surface area contributed by atoms with Crippen molar-refractivity contribution in [3.05, 3.63) is 91.4 Å². The number of carbonyl (C=O) groups excluding carboxylic acids is 4. The zero-order valence-corrected chi connectivity index (χ0v) is 21.2. The number of allylic oxidation sites excluding steroid dienone is 6. The Hall–Kier alpha value is -3.96. The number of aliphatic hydroxyl groups excluding tert-OH is 1. The van der Waals surface area contributed by atoms with Gasteiger partial charge in [-0.2, -0.15) is 0 Å². The Kier molecular flexibility index (Phi) is 5.65. The Balaban J connectivity index is 1.44. The number of fused-ring (bicyclic) bond motifs is 3. The molecule has 2 amide bonds. The number of benzene rings is 1. The number of nitro groups is 1. The molecule has 1 fully saturated rings. The lowest BCUT2D eigenvalue weighted by Crippen LogP contribution is -2.39. The molecule has 192 valence electrons. The van der Waals surface area contributed by atoms with Crippen molar-refractivity contribution in [3.8, 4) is 0 Å². The second kappa shape index (κ2) is 8.81. The lowest BCUT2D eigenvalue weighted by molar-refractivity contribution is -0.384. The molecular formula is C27H19BrN2O8. The third-order valence-electron chi connectivity index (χ3n) is 7.77. The summed E-state index contributed by atoms with van der Waals surface area (Å²) >= 11 is 3.18. The summed E-state index contributed by atoms with van der Waals surface area (Å²) in [5, 5.41) is 20.6. The van der Waals surface area contributed by atoms with Gasteiger partial charge >= 0.3 is 0 Å². The van der Waals surface area contributed by atoms with E-state index in [0.29, 0.717) is 11.5 Å². The number of carbonyl (C=O) groups is 4. The molecule has 2 aromatic rings. The van der Waals surface area contributed by atoms with Gasteiger partial charge in [-0.1, -0.05) is 11.6 Å². The van der Waals surface area contributed by atoms with E-state index in [0.717, 1.165) is 10.5 Å². The number of imide groups is 1. The first-order valence-electron chi connectivity index (χ1n) is 11.9. The minimum Gasteiger partial charge on any atom is -0.463 e. The van der Waals surface area contributed by atoms with E-state index in [2.05, 4.69) is 15.9 Å². The van der Waals surface area contributed by atoms with Crippen molar-refractivity contribution in [2.75, 3.05) is 4.90 Å². The lowest BCUT2D eigenvalue weighted by Gasteiger charge is -2.41. The van der Waals surface area contributed by atoms with Gasteiger partial charge in [-0.15, -0.1) is 0 Å². The molecule has 3 aliphatic carbocycles. The number of hydrogen-bond acceptors (Lipinski definition) is 8. The number of nitro benzene ring substituents is 1. The highest BCUT2D eigenvalue weighted by Crippen LogP contribution is 2.55. The summed E-state index contributed by atoms with van der Waals surface area (Å²) in [5.41, 5.74) is 1.35. The fourth-order valence-electron chi connectivity index (χ4n) is 6.15. The summed E-state index contributed by atoms with van der Waals surface area (Å²) in [5.74, 6) is -3.65. The first-order chi connectivity index (χ1) is 18.2. The summed E-state index contributed by atoms with van der Waals surface area (Å²) in [7, 11) is 0. The normalized spacial score (nSPS) is 26.6. The molecule has 11 heteroatoms. The number of anilines is 1. The maximum Gasteiger partial charge on any atom is 0.269 e. The minimum atomic E-state index is -0.783. The summed E-state index contributed by atoms with van der Waals surface area (Å²) in [6.07, 6.45) is 3.44. The number of nitrogens with zero attached hydrogens (tertiary/aromatic N) is 2. The molecule has 1 aromatic carbocycles. The highest BCUT2D eigenvalue weighted by Gasteiger charge is 2.57. The molecule has 0 spiro atoms. The number of ketones is 2. The Morgan fingerprint density at radius 2 is 1.79 bits per heavy atom. The number of rotatable bonds is 4. The third-order valence-corrected chi connectivity index (χ3v) is 8.36. The van der Waals surface area contributed by atoms with E-state index in [-0.39, 0.29) is 58.0 Å². The van der Waals surface area contributed by atoms with Crippen molar-refractivity contribution in [2.45, 2.75) is 25.4 Å². The molecule has 1 aliphatic heterocycles. The van der Waals surface area contributed by atoms with Gasteiger partial charge in [0.2, 0.25) is 11.8 Å². The van der Waals surface area contributed by atoms with E-state index in [9.17, 15) is 34.4 Å². The molecule has 1 saturated heterocycles. The molecule has 4 atom stereocenters. The average Bonchev–Trinajstić information content (AvgIpc) is 3.48. The molecule has 4 aliphatic rings. The maximum atomic E-state index is 13.8. The summed E-state index contributed by atoms with van der Waals surface area (Å²) in [4.78, 5) is 65.1. The molecule has 0 bridgehead atoms. The number of furan rings is 1. The van der Waals surface area contributed by atoms with Crippen LogP contribution in [0.25, 0.3) is 0 Å². The molecule has 6 rings (SSSR count). The fraction of sp³-hybridized carbons (Fsp3) is 0.259. The lowest BCUT2D eigenvalue weighted by atomic mass is 9.60. The SMILES string of the molecule is O=C1C=C(Br)C(=O)C2=C1[C@@H](c1ccc(CO)o1)C1=CC[C@@H]3C(=O)N(c4ccc([N+](=O)[O-])cc4)C(=O)[C@@H]3[C@@H]1C2. The molecule has 2 heterocycles. The van der Waals surface area contributed by atoms with E-state index in [4.69, 9.17) is 4.42 Å². The molecule has 0 unspecified atom stereocenters. The zero-order chi connectivity index (χ0) is 26.9. The van der Waals surface area contributed by atoms with Gasteiger partial charge in [-0.25, -0.2) is 0 Å².